The first kappa shape index (κ1) is 16.5. The molecule has 0 amide bonds. The van der Waals surface area contributed by atoms with Crippen molar-refractivity contribution in [1.82, 2.24) is 15.1 Å². The van der Waals surface area contributed by atoms with E-state index in [9.17, 15) is 5.11 Å². The van der Waals surface area contributed by atoms with E-state index in [4.69, 9.17) is 4.74 Å². The first-order valence-electron chi connectivity index (χ1n) is 7.58. The molecule has 0 saturated heterocycles. The third-order valence-electron chi connectivity index (χ3n) is 3.68. The number of aromatic nitrogens is 2. The van der Waals surface area contributed by atoms with Crippen molar-refractivity contribution in [2.45, 2.75) is 32.4 Å². The highest BCUT2D eigenvalue weighted by atomic mass is 16.5. The molecule has 2 N–H and O–H groups in total. The molecule has 1 aromatic heterocycles. The number of hydrogen-bond acceptors (Lipinski definition) is 4. The Kier molecular flexibility index (Phi) is 5.57. The van der Waals surface area contributed by atoms with Gasteiger partial charge in [-0.25, -0.2) is 4.68 Å². The number of benzene rings is 1. The molecule has 22 heavy (non-hydrogen) atoms. The van der Waals surface area contributed by atoms with E-state index >= 15 is 0 Å². The Morgan fingerprint density at radius 1 is 1.27 bits per heavy atom. The standard InChI is InChI=1S/C17H25N3O2/c1-12(2)16-14(17(22-4)20(3)19-16)10-18-11-15(21)13-8-6-5-7-9-13/h5-9,12,15,18,21H,10-11H2,1-4H3/t15-/m1/s1. The van der Waals surface area contributed by atoms with Gasteiger partial charge in [0.2, 0.25) is 5.88 Å². The van der Waals surface area contributed by atoms with Gasteiger partial charge in [-0.3, -0.25) is 0 Å². The van der Waals surface area contributed by atoms with Crippen LogP contribution in [0.15, 0.2) is 30.3 Å². The molecule has 0 saturated carbocycles. The van der Waals surface area contributed by atoms with Gasteiger partial charge in [-0.2, -0.15) is 5.10 Å². The third-order valence-corrected chi connectivity index (χ3v) is 3.68. The molecule has 1 aromatic carbocycles. The Balaban J connectivity index is 2.02. The molecule has 0 radical (unpaired) electrons. The highest BCUT2D eigenvalue weighted by Crippen LogP contribution is 2.27. The minimum absolute atomic E-state index is 0.325. The van der Waals surface area contributed by atoms with Crippen LogP contribution in [-0.2, 0) is 13.6 Å². The van der Waals surface area contributed by atoms with Crippen molar-refractivity contribution in [2.24, 2.45) is 7.05 Å². The Labute approximate surface area is 131 Å². The van der Waals surface area contributed by atoms with Crippen LogP contribution >= 0.6 is 0 Å². The fourth-order valence-corrected chi connectivity index (χ4v) is 2.58. The second-order valence-corrected chi connectivity index (χ2v) is 5.71. The summed E-state index contributed by atoms with van der Waals surface area (Å²) in [5, 5.41) is 18.0. The number of hydrogen-bond donors (Lipinski definition) is 2. The number of aliphatic hydroxyl groups excluding tert-OH is 1. The molecule has 0 unspecified atom stereocenters. The van der Waals surface area contributed by atoms with Crippen LogP contribution in [-0.4, -0.2) is 28.5 Å². The minimum atomic E-state index is -0.522. The quantitative estimate of drug-likeness (QED) is 0.824. The smallest absolute Gasteiger partial charge is 0.216 e. The summed E-state index contributed by atoms with van der Waals surface area (Å²) in [4.78, 5) is 0. The summed E-state index contributed by atoms with van der Waals surface area (Å²) in [7, 11) is 3.54. The van der Waals surface area contributed by atoms with Gasteiger partial charge >= 0.3 is 0 Å². The van der Waals surface area contributed by atoms with Gasteiger partial charge in [-0.15, -0.1) is 0 Å². The highest BCUT2D eigenvalue weighted by Gasteiger charge is 2.19. The van der Waals surface area contributed by atoms with E-state index < -0.39 is 6.10 Å². The molecule has 1 atom stereocenters. The monoisotopic (exact) mass is 303 g/mol. The summed E-state index contributed by atoms with van der Waals surface area (Å²) in [6.45, 7) is 5.34. The Morgan fingerprint density at radius 3 is 2.55 bits per heavy atom. The van der Waals surface area contributed by atoms with Gasteiger partial charge in [-0.05, 0) is 11.5 Å². The Hall–Kier alpha value is -1.85. The lowest BCUT2D eigenvalue weighted by Gasteiger charge is -2.13. The summed E-state index contributed by atoms with van der Waals surface area (Å²) in [6, 6.07) is 9.66. The van der Waals surface area contributed by atoms with E-state index in [1.165, 1.54) is 0 Å². The molecule has 2 aromatic rings. The second kappa shape index (κ2) is 7.42. The average Bonchev–Trinajstić information content (AvgIpc) is 2.84. The van der Waals surface area contributed by atoms with Crippen molar-refractivity contribution in [3.63, 3.8) is 0 Å². The molecule has 0 fully saturated rings. The number of aliphatic hydroxyl groups is 1. The van der Waals surface area contributed by atoms with Gasteiger partial charge in [0.15, 0.2) is 0 Å². The average molecular weight is 303 g/mol. The largest absolute Gasteiger partial charge is 0.481 e. The lowest BCUT2D eigenvalue weighted by atomic mass is 10.1. The van der Waals surface area contributed by atoms with Crippen molar-refractivity contribution in [1.29, 1.82) is 0 Å². The number of rotatable bonds is 7. The van der Waals surface area contributed by atoms with E-state index in [0.29, 0.717) is 19.0 Å². The zero-order valence-electron chi connectivity index (χ0n) is 13.7. The van der Waals surface area contributed by atoms with Crippen LogP contribution in [0.5, 0.6) is 5.88 Å². The predicted molar refractivity (Wildman–Crippen MR) is 87.0 cm³/mol. The maximum atomic E-state index is 10.2. The van der Waals surface area contributed by atoms with Crippen LogP contribution in [0.2, 0.25) is 0 Å². The Morgan fingerprint density at radius 2 is 1.95 bits per heavy atom. The number of nitrogens with one attached hydrogen (secondary N) is 1. The first-order valence-corrected chi connectivity index (χ1v) is 7.58. The molecule has 0 aliphatic carbocycles. The molecule has 5 heteroatoms. The minimum Gasteiger partial charge on any atom is -0.481 e. The van der Waals surface area contributed by atoms with E-state index in [2.05, 4.69) is 24.3 Å². The summed E-state index contributed by atoms with van der Waals surface area (Å²) in [5.41, 5.74) is 3.00. The second-order valence-electron chi connectivity index (χ2n) is 5.71. The van der Waals surface area contributed by atoms with E-state index in [-0.39, 0.29) is 0 Å². The van der Waals surface area contributed by atoms with E-state index in [1.807, 2.05) is 37.4 Å². The van der Waals surface area contributed by atoms with E-state index in [1.54, 1.807) is 11.8 Å². The van der Waals surface area contributed by atoms with Crippen LogP contribution in [0, 0.1) is 0 Å². The molecule has 120 valence electrons. The zero-order valence-corrected chi connectivity index (χ0v) is 13.7. The van der Waals surface area contributed by atoms with Crippen molar-refractivity contribution in [3.8, 4) is 5.88 Å². The summed E-state index contributed by atoms with van der Waals surface area (Å²) in [6.07, 6.45) is -0.522. The van der Waals surface area contributed by atoms with Gasteiger partial charge in [-0.1, -0.05) is 44.2 Å². The van der Waals surface area contributed by atoms with Gasteiger partial charge in [0.05, 0.1) is 24.5 Å². The van der Waals surface area contributed by atoms with Crippen molar-refractivity contribution in [2.75, 3.05) is 13.7 Å². The molecule has 0 aliphatic rings. The normalized spacial score (nSPS) is 12.6. The van der Waals surface area contributed by atoms with Gasteiger partial charge in [0.1, 0.15) is 0 Å². The van der Waals surface area contributed by atoms with Crippen LogP contribution < -0.4 is 10.1 Å². The third kappa shape index (κ3) is 3.67. The van der Waals surface area contributed by atoms with Crippen molar-refractivity contribution in [3.05, 3.63) is 47.2 Å². The Bertz CT molecular complexity index is 593. The first-order chi connectivity index (χ1) is 10.5. The van der Waals surface area contributed by atoms with Gasteiger partial charge in [0.25, 0.3) is 0 Å². The van der Waals surface area contributed by atoms with Crippen molar-refractivity contribution < 1.29 is 9.84 Å². The molecule has 5 nitrogen and oxygen atoms in total. The molecule has 0 bridgehead atoms. The maximum absolute atomic E-state index is 10.2. The molecular formula is C17H25N3O2. The summed E-state index contributed by atoms with van der Waals surface area (Å²) < 4.78 is 7.21. The lowest BCUT2D eigenvalue weighted by molar-refractivity contribution is 0.174. The van der Waals surface area contributed by atoms with Crippen LogP contribution in [0.1, 0.15) is 42.7 Å². The predicted octanol–water partition coefficient (Wildman–Crippen LogP) is 2.38. The fraction of sp³-hybridized carbons (Fsp3) is 0.471. The van der Waals surface area contributed by atoms with Gasteiger partial charge in [0, 0.05) is 20.1 Å². The number of methoxy groups -OCH3 is 1. The topological polar surface area (TPSA) is 59.3 Å². The van der Waals surface area contributed by atoms with Crippen molar-refractivity contribution >= 4 is 0 Å². The van der Waals surface area contributed by atoms with Crippen LogP contribution in [0.25, 0.3) is 0 Å². The summed E-state index contributed by atoms with van der Waals surface area (Å²) in [5.74, 6) is 1.09. The maximum Gasteiger partial charge on any atom is 0.216 e. The fourth-order valence-electron chi connectivity index (χ4n) is 2.58. The summed E-state index contributed by atoms with van der Waals surface area (Å²) >= 11 is 0. The lowest BCUT2D eigenvalue weighted by Crippen LogP contribution is -2.21. The van der Waals surface area contributed by atoms with Crippen LogP contribution in [0.3, 0.4) is 0 Å². The number of ether oxygens (including phenoxy) is 1. The van der Waals surface area contributed by atoms with E-state index in [0.717, 1.165) is 22.7 Å². The van der Waals surface area contributed by atoms with Crippen LogP contribution in [0.4, 0.5) is 0 Å². The molecule has 2 rings (SSSR count). The van der Waals surface area contributed by atoms with Gasteiger partial charge < -0.3 is 15.2 Å². The molecular weight excluding hydrogens is 278 g/mol. The SMILES string of the molecule is COc1c(CNC[C@@H](O)c2ccccc2)c(C(C)C)nn1C. The number of aryl methyl sites for hydroxylation is 1. The molecule has 0 aliphatic heterocycles. The zero-order chi connectivity index (χ0) is 16.1. The highest BCUT2D eigenvalue weighted by molar-refractivity contribution is 5.33. The molecule has 1 heterocycles. The number of nitrogens with zero attached hydrogens (tertiary/aromatic N) is 2. The molecule has 0 spiro atoms.